The number of benzene rings is 2. The maximum absolute atomic E-state index is 13.9. The minimum Gasteiger partial charge on any atom is -0.311 e. The average Bonchev–Trinajstić information content (AvgIpc) is 3.02. The summed E-state index contributed by atoms with van der Waals surface area (Å²) < 4.78 is 13.9. The van der Waals surface area contributed by atoms with E-state index in [2.05, 4.69) is 4.90 Å². The van der Waals surface area contributed by atoms with Crippen molar-refractivity contribution in [1.29, 1.82) is 0 Å². The Morgan fingerprint density at radius 2 is 1.70 bits per heavy atom. The summed E-state index contributed by atoms with van der Waals surface area (Å²) in [7, 11) is 0. The molecule has 0 spiro atoms. The fourth-order valence-corrected chi connectivity index (χ4v) is 4.10. The molecule has 2 aliphatic rings. The van der Waals surface area contributed by atoms with E-state index in [1.54, 1.807) is 18.2 Å². The zero-order valence-electron chi connectivity index (χ0n) is 15.2. The molecule has 0 atom stereocenters. The first-order valence-electron chi connectivity index (χ1n) is 9.53. The summed E-state index contributed by atoms with van der Waals surface area (Å²) in [6.07, 6.45) is 1.95. The molecule has 1 amide bonds. The number of halogens is 1. The third-order valence-corrected chi connectivity index (χ3v) is 5.66. The van der Waals surface area contributed by atoms with Crippen LogP contribution in [0.2, 0.25) is 0 Å². The number of carbonyl (C=O) groups is 2. The maximum Gasteiger partial charge on any atom is 0.231 e. The summed E-state index contributed by atoms with van der Waals surface area (Å²) in [5, 5.41) is 0. The standard InChI is InChI=1S/C22H23FN2O2/c23-19-7-3-2-6-18(19)22(27)16-9-11-24(12-10-16)13-14-25-20-8-4-1-5-17(20)15-21(25)26/h1-8,16H,9-15H2. The van der Waals surface area contributed by atoms with Gasteiger partial charge < -0.3 is 9.80 Å². The molecule has 4 rings (SSSR count). The summed E-state index contributed by atoms with van der Waals surface area (Å²) in [5.74, 6) is -0.486. The highest BCUT2D eigenvalue weighted by molar-refractivity contribution is 6.01. The van der Waals surface area contributed by atoms with Crippen molar-refractivity contribution in [3.8, 4) is 0 Å². The number of para-hydroxylation sites is 1. The van der Waals surface area contributed by atoms with Gasteiger partial charge in [-0.2, -0.15) is 0 Å². The summed E-state index contributed by atoms with van der Waals surface area (Å²) in [5.41, 5.74) is 2.32. The van der Waals surface area contributed by atoms with Crippen LogP contribution < -0.4 is 4.90 Å². The van der Waals surface area contributed by atoms with E-state index in [4.69, 9.17) is 0 Å². The fraction of sp³-hybridized carbons (Fsp3) is 0.364. The van der Waals surface area contributed by atoms with Crippen LogP contribution in [-0.2, 0) is 11.2 Å². The first kappa shape index (κ1) is 17.9. The Morgan fingerprint density at radius 3 is 2.48 bits per heavy atom. The Labute approximate surface area is 158 Å². The number of hydrogen-bond donors (Lipinski definition) is 0. The lowest BCUT2D eigenvalue weighted by atomic mass is 9.88. The normalized spacial score (nSPS) is 18.0. The summed E-state index contributed by atoms with van der Waals surface area (Å²) in [6.45, 7) is 3.06. The number of nitrogens with zero attached hydrogens (tertiary/aromatic N) is 2. The van der Waals surface area contributed by atoms with Gasteiger partial charge in [-0.1, -0.05) is 30.3 Å². The van der Waals surface area contributed by atoms with Crippen LogP contribution in [0, 0.1) is 11.7 Å². The van der Waals surface area contributed by atoms with E-state index in [0.29, 0.717) is 13.0 Å². The van der Waals surface area contributed by atoms with Crippen molar-refractivity contribution < 1.29 is 14.0 Å². The SMILES string of the molecule is O=C(c1ccccc1F)C1CCN(CCN2C(=O)Cc3ccccc32)CC1. The predicted octanol–water partition coefficient (Wildman–Crippen LogP) is 3.31. The molecule has 1 fully saturated rings. The first-order valence-corrected chi connectivity index (χ1v) is 9.53. The first-order chi connectivity index (χ1) is 13.1. The Hall–Kier alpha value is -2.53. The van der Waals surface area contributed by atoms with Crippen LogP contribution in [0.25, 0.3) is 0 Å². The third kappa shape index (κ3) is 3.65. The summed E-state index contributed by atoms with van der Waals surface area (Å²) in [6, 6.07) is 14.2. The van der Waals surface area contributed by atoms with Crippen LogP contribution in [0.15, 0.2) is 48.5 Å². The monoisotopic (exact) mass is 366 g/mol. The Kier molecular flexibility index (Phi) is 5.03. The molecule has 2 aromatic rings. The van der Waals surface area contributed by atoms with E-state index in [9.17, 15) is 14.0 Å². The molecule has 1 saturated heterocycles. The van der Waals surface area contributed by atoms with Crippen LogP contribution >= 0.6 is 0 Å². The molecule has 0 radical (unpaired) electrons. The molecule has 0 unspecified atom stereocenters. The van der Waals surface area contributed by atoms with Gasteiger partial charge in [-0.15, -0.1) is 0 Å². The minimum atomic E-state index is -0.434. The van der Waals surface area contributed by atoms with Crippen molar-refractivity contribution in [3.05, 3.63) is 65.5 Å². The molecule has 2 heterocycles. The second-order valence-electron chi connectivity index (χ2n) is 7.31. The number of carbonyl (C=O) groups excluding carboxylic acids is 2. The van der Waals surface area contributed by atoms with Crippen molar-refractivity contribution in [3.63, 3.8) is 0 Å². The van der Waals surface area contributed by atoms with Crippen molar-refractivity contribution in [2.45, 2.75) is 19.3 Å². The highest BCUT2D eigenvalue weighted by Gasteiger charge is 2.29. The second-order valence-corrected chi connectivity index (χ2v) is 7.31. The number of ketones is 1. The van der Waals surface area contributed by atoms with E-state index >= 15 is 0 Å². The molecule has 2 aliphatic heterocycles. The van der Waals surface area contributed by atoms with Gasteiger partial charge in [0.25, 0.3) is 0 Å². The zero-order chi connectivity index (χ0) is 18.8. The molecular formula is C22H23FN2O2. The van der Waals surface area contributed by atoms with Gasteiger partial charge in [-0.3, -0.25) is 9.59 Å². The van der Waals surface area contributed by atoms with Crippen LogP contribution in [0.1, 0.15) is 28.8 Å². The van der Waals surface area contributed by atoms with E-state index in [0.717, 1.165) is 43.7 Å². The van der Waals surface area contributed by atoms with Crippen LogP contribution in [0.4, 0.5) is 10.1 Å². The predicted molar refractivity (Wildman–Crippen MR) is 102 cm³/mol. The zero-order valence-corrected chi connectivity index (χ0v) is 15.2. The average molecular weight is 366 g/mol. The van der Waals surface area contributed by atoms with E-state index in [1.807, 2.05) is 29.2 Å². The van der Waals surface area contributed by atoms with Crippen LogP contribution in [0.3, 0.4) is 0 Å². The number of anilines is 1. The number of likely N-dealkylation sites (tertiary alicyclic amines) is 1. The minimum absolute atomic E-state index is 0.0867. The lowest BCUT2D eigenvalue weighted by Gasteiger charge is -2.32. The van der Waals surface area contributed by atoms with E-state index in [1.165, 1.54) is 6.07 Å². The molecule has 27 heavy (non-hydrogen) atoms. The number of amides is 1. The van der Waals surface area contributed by atoms with Crippen molar-refractivity contribution >= 4 is 17.4 Å². The van der Waals surface area contributed by atoms with Gasteiger partial charge in [0.1, 0.15) is 5.82 Å². The van der Waals surface area contributed by atoms with Gasteiger partial charge in [0.2, 0.25) is 5.91 Å². The van der Waals surface area contributed by atoms with Gasteiger partial charge in [0.05, 0.1) is 12.0 Å². The number of piperidine rings is 1. The molecule has 4 nitrogen and oxygen atoms in total. The second kappa shape index (κ2) is 7.61. The number of fused-ring (bicyclic) bond motifs is 1. The van der Waals surface area contributed by atoms with Gasteiger partial charge >= 0.3 is 0 Å². The molecule has 0 saturated carbocycles. The van der Waals surface area contributed by atoms with Crippen molar-refractivity contribution in [2.75, 3.05) is 31.1 Å². The third-order valence-electron chi connectivity index (χ3n) is 5.66. The Bertz CT molecular complexity index is 859. The highest BCUT2D eigenvalue weighted by atomic mass is 19.1. The van der Waals surface area contributed by atoms with E-state index < -0.39 is 5.82 Å². The lowest BCUT2D eigenvalue weighted by molar-refractivity contribution is -0.117. The molecule has 2 aromatic carbocycles. The van der Waals surface area contributed by atoms with Gasteiger partial charge in [-0.25, -0.2) is 4.39 Å². The van der Waals surface area contributed by atoms with E-state index in [-0.39, 0.29) is 23.2 Å². The van der Waals surface area contributed by atoms with Crippen LogP contribution in [0.5, 0.6) is 0 Å². The summed E-state index contributed by atoms with van der Waals surface area (Å²) in [4.78, 5) is 29.0. The Balaban J connectivity index is 1.31. The summed E-state index contributed by atoms with van der Waals surface area (Å²) >= 11 is 0. The van der Waals surface area contributed by atoms with Crippen LogP contribution in [-0.4, -0.2) is 42.8 Å². The quantitative estimate of drug-likeness (QED) is 0.763. The smallest absolute Gasteiger partial charge is 0.231 e. The molecule has 0 aliphatic carbocycles. The largest absolute Gasteiger partial charge is 0.311 e. The maximum atomic E-state index is 13.9. The number of Topliss-reactive ketones (excluding diaryl/α,β-unsaturated/α-hetero) is 1. The highest BCUT2D eigenvalue weighted by Crippen LogP contribution is 2.28. The molecule has 0 bridgehead atoms. The molecule has 140 valence electrons. The number of hydrogen-bond acceptors (Lipinski definition) is 3. The number of rotatable bonds is 5. The van der Waals surface area contributed by atoms with Gasteiger partial charge in [-0.05, 0) is 49.7 Å². The molecule has 5 heteroatoms. The lowest BCUT2D eigenvalue weighted by Crippen LogP contribution is -2.42. The molecule has 0 N–H and O–H groups in total. The fourth-order valence-electron chi connectivity index (χ4n) is 4.10. The topological polar surface area (TPSA) is 40.6 Å². The van der Waals surface area contributed by atoms with Gasteiger partial charge in [0, 0.05) is 24.7 Å². The molecule has 0 aromatic heterocycles. The molecular weight excluding hydrogens is 343 g/mol. The van der Waals surface area contributed by atoms with Gasteiger partial charge in [0.15, 0.2) is 5.78 Å². The Morgan fingerprint density at radius 1 is 1.00 bits per heavy atom. The van der Waals surface area contributed by atoms with Crippen molar-refractivity contribution in [2.24, 2.45) is 5.92 Å². The van der Waals surface area contributed by atoms with Crippen molar-refractivity contribution in [1.82, 2.24) is 4.90 Å².